The lowest BCUT2D eigenvalue weighted by Crippen LogP contribution is -2.72. The quantitative estimate of drug-likeness (QED) is 0.397. The minimum Gasteiger partial charge on any atom is -0.493 e. The molecule has 26 heavy (non-hydrogen) atoms. The van der Waals surface area contributed by atoms with Gasteiger partial charge in [0.25, 0.3) is 0 Å². The molecule has 1 aromatic rings. The summed E-state index contributed by atoms with van der Waals surface area (Å²) < 4.78 is 11.8. The first-order chi connectivity index (χ1) is 12.3. The number of ether oxygens (including phenoxy) is 2. The average Bonchev–Trinajstić information content (AvgIpc) is 3.02. The van der Waals surface area contributed by atoms with Crippen LogP contribution in [0.25, 0.3) is 0 Å². The zero-order valence-electron chi connectivity index (χ0n) is 15.2. The Morgan fingerprint density at radius 2 is 2.00 bits per heavy atom. The largest absolute Gasteiger partial charge is 0.493 e. The van der Waals surface area contributed by atoms with Gasteiger partial charge in [0, 0.05) is 43.0 Å². The van der Waals surface area contributed by atoms with Crippen LogP contribution in [0.1, 0.15) is 43.7 Å². The van der Waals surface area contributed by atoms with Gasteiger partial charge in [0.1, 0.15) is 5.75 Å². The molecule has 4 atom stereocenters. The molecule has 4 aliphatic rings. The number of halogens is 1. The van der Waals surface area contributed by atoms with Crippen molar-refractivity contribution in [1.82, 2.24) is 10.6 Å². The molecule has 5 rings (SSSR count). The molecule has 6 heteroatoms. The van der Waals surface area contributed by atoms with Gasteiger partial charge in [-0.1, -0.05) is 24.6 Å². The van der Waals surface area contributed by atoms with Crippen molar-refractivity contribution < 1.29 is 9.47 Å². The topological polar surface area (TPSA) is 54.9 Å². The van der Waals surface area contributed by atoms with E-state index in [-0.39, 0.29) is 30.0 Å². The Morgan fingerprint density at radius 3 is 2.77 bits per heavy atom. The maximum atomic E-state index is 6.03. The molecule has 2 saturated carbocycles. The Hall–Kier alpha value is -1.02. The van der Waals surface area contributed by atoms with Crippen molar-refractivity contribution in [3.63, 3.8) is 0 Å². The van der Waals surface area contributed by atoms with Gasteiger partial charge in [-0.05, 0) is 25.3 Å². The summed E-state index contributed by atoms with van der Waals surface area (Å²) in [7, 11) is 1.87. The minimum absolute atomic E-state index is 0. The normalized spacial score (nSPS) is 33.7. The Kier molecular flexibility index (Phi) is 5.07. The summed E-state index contributed by atoms with van der Waals surface area (Å²) in [5.74, 6) is 2.56. The highest BCUT2D eigenvalue weighted by molar-refractivity contribution is 14.0. The van der Waals surface area contributed by atoms with Crippen molar-refractivity contribution in [2.75, 3.05) is 20.3 Å². The second kappa shape index (κ2) is 7.19. The molecule has 4 unspecified atom stereocenters. The van der Waals surface area contributed by atoms with Gasteiger partial charge in [-0.3, -0.25) is 4.99 Å². The average molecular weight is 469 g/mol. The SMILES string of the molecule is CN=C(NC1CCOc2ccccc21)NC1C2CCOC2C12CCC2.I. The van der Waals surface area contributed by atoms with Gasteiger partial charge >= 0.3 is 0 Å². The van der Waals surface area contributed by atoms with Crippen molar-refractivity contribution in [3.05, 3.63) is 29.8 Å². The molecular weight excluding hydrogens is 441 g/mol. The highest BCUT2D eigenvalue weighted by Gasteiger charge is 2.66. The van der Waals surface area contributed by atoms with Gasteiger partial charge in [-0.15, -0.1) is 24.0 Å². The zero-order valence-corrected chi connectivity index (χ0v) is 17.6. The third-order valence-electron chi connectivity index (χ3n) is 6.82. The number of fused-ring (bicyclic) bond motifs is 3. The zero-order chi connectivity index (χ0) is 16.9. The second-order valence-corrected chi connectivity index (χ2v) is 7.90. The summed E-state index contributed by atoms with van der Waals surface area (Å²) in [6.07, 6.45) is 6.56. The fourth-order valence-electron chi connectivity index (χ4n) is 5.43. The number of hydrogen-bond acceptors (Lipinski definition) is 3. The molecule has 1 saturated heterocycles. The van der Waals surface area contributed by atoms with Crippen LogP contribution in [0.4, 0.5) is 0 Å². The molecule has 2 aliphatic heterocycles. The minimum atomic E-state index is 0. The predicted octanol–water partition coefficient (Wildman–Crippen LogP) is 3.25. The number of guanidine groups is 1. The molecule has 0 radical (unpaired) electrons. The second-order valence-electron chi connectivity index (χ2n) is 7.90. The van der Waals surface area contributed by atoms with E-state index >= 15 is 0 Å². The van der Waals surface area contributed by atoms with Gasteiger partial charge in [-0.2, -0.15) is 0 Å². The third kappa shape index (κ3) is 2.71. The Bertz CT molecular complexity index is 691. The Balaban J connectivity index is 0.00000168. The van der Waals surface area contributed by atoms with Gasteiger partial charge in [0.05, 0.1) is 18.8 Å². The van der Waals surface area contributed by atoms with Crippen LogP contribution in [-0.2, 0) is 4.74 Å². The van der Waals surface area contributed by atoms with E-state index in [1.807, 2.05) is 13.1 Å². The number of para-hydroxylation sites is 1. The van der Waals surface area contributed by atoms with E-state index in [0.717, 1.165) is 31.3 Å². The Morgan fingerprint density at radius 1 is 1.15 bits per heavy atom. The summed E-state index contributed by atoms with van der Waals surface area (Å²) >= 11 is 0. The molecule has 2 heterocycles. The van der Waals surface area contributed by atoms with Gasteiger partial charge in [-0.25, -0.2) is 0 Å². The van der Waals surface area contributed by atoms with Crippen LogP contribution in [0.5, 0.6) is 5.75 Å². The molecular formula is C20H28IN3O2. The molecule has 2 aliphatic carbocycles. The van der Waals surface area contributed by atoms with Gasteiger partial charge in [0.2, 0.25) is 0 Å². The number of hydrogen-bond donors (Lipinski definition) is 2. The van der Waals surface area contributed by atoms with Crippen LogP contribution in [-0.4, -0.2) is 38.4 Å². The van der Waals surface area contributed by atoms with Gasteiger partial charge < -0.3 is 20.1 Å². The number of aliphatic imine (C=N–C) groups is 1. The van der Waals surface area contributed by atoms with Crippen LogP contribution in [0, 0.1) is 11.3 Å². The molecule has 0 amide bonds. The monoisotopic (exact) mass is 469 g/mol. The van der Waals surface area contributed by atoms with E-state index < -0.39 is 0 Å². The first-order valence-electron chi connectivity index (χ1n) is 9.65. The molecule has 2 N–H and O–H groups in total. The molecule has 1 aromatic carbocycles. The van der Waals surface area contributed by atoms with Crippen molar-refractivity contribution in [2.45, 2.75) is 50.3 Å². The van der Waals surface area contributed by atoms with Crippen molar-refractivity contribution >= 4 is 29.9 Å². The fraction of sp³-hybridized carbons (Fsp3) is 0.650. The van der Waals surface area contributed by atoms with Crippen LogP contribution >= 0.6 is 24.0 Å². The first-order valence-corrected chi connectivity index (χ1v) is 9.65. The van der Waals surface area contributed by atoms with E-state index in [1.165, 1.54) is 31.2 Å². The summed E-state index contributed by atoms with van der Waals surface area (Å²) in [4.78, 5) is 4.53. The highest BCUT2D eigenvalue weighted by Crippen LogP contribution is 2.62. The molecule has 0 aromatic heterocycles. The van der Waals surface area contributed by atoms with Crippen molar-refractivity contribution in [3.8, 4) is 5.75 Å². The summed E-state index contributed by atoms with van der Waals surface area (Å²) in [6.45, 7) is 1.67. The lowest BCUT2D eigenvalue weighted by atomic mass is 9.46. The smallest absolute Gasteiger partial charge is 0.191 e. The summed E-state index contributed by atoms with van der Waals surface area (Å²) in [5, 5.41) is 7.41. The van der Waals surface area contributed by atoms with E-state index in [9.17, 15) is 0 Å². The maximum absolute atomic E-state index is 6.03. The lowest BCUT2D eigenvalue weighted by molar-refractivity contribution is -0.171. The number of benzene rings is 1. The van der Waals surface area contributed by atoms with E-state index in [1.54, 1.807) is 0 Å². The van der Waals surface area contributed by atoms with Crippen molar-refractivity contribution in [2.24, 2.45) is 16.3 Å². The predicted molar refractivity (Wildman–Crippen MR) is 112 cm³/mol. The fourth-order valence-corrected chi connectivity index (χ4v) is 5.43. The first kappa shape index (κ1) is 18.3. The number of nitrogens with zero attached hydrogens (tertiary/aromatic N) is 1. The molecule has 3 fully saturated rings. The highest BCUT2D eigenvalue weighted by atomic mass is 127. The number of nitrogens with one attached hydrogen (secondary N) is 2. The molecule has 5 nitrogen and oxygen atoms in total. The van der Waals surface area contributed by atoms with Gasteiger partial charge in [0.15, 0.2) is 5.96 Å². The lowest BCUT2D eigenvalue weighted by Gasteiger charge is -2.63. The van der Waals surface area contributed by atoms with Crippen molar-refractivity contribution in [1.29, 1.82) is 0 Å². The van der Waals surface area contributed by atoms with E-state index in [2.05, 4.69) is 33.8 Å². The van der Waals surface area contributed by atoms with Crippen LogP contribution in [0.2, 0.25) is 0 Å². The van der Waals surface area contributed by atoms with Crippen LogP contribution in [0.15, 0.2) is 29.3 Å². The van der Waals surface area contributed by atoms with Crippen LogP contribution in [0.3, 0.4) is 0 Å². The molecule has 0 bridgehead atoms. The summed E-state index contributed by atoms with van der Waals surface area (Å²) in [6, 6.07) is 9.07. The molecule has 1 spiro atoms. The molecule has 142 valence electrons. The maximum Gasteiger partial charge on any atom is 0.191 e. The van der Waals surface area contributed by atoms with E-state index in [0.29, 0.717) is 23.5 Å². The summed E-state index contributed by atoms with van der Waals surface area (Å²) in [5.41, 5.74) is 1.59. The standard InChI is InChI=1S/C20H27N3O2.HI/c1-21-19(22-15-8-12-24-16-6-3-2-5-13(15)16)23-17-14-7-11-25-18(14)20(17)9-4-10-20;/h2-3,5-6,14-15,17-18H,4,7-12H2,1H3,(H2,21,22,23);1H. The van der Waals surface area contributed by atoms with Crippen LogP contribution < -0.4 is 15.4 Å². The van der Waals surface area contributed by atoms with E-state index in [4.69, 9.17) is 9.47 Å². The number of rotatable bonds is 2. The Labute approximate surface area is 172 Å². The third-order valence-corrected chi connectivity index (χ3v) is 6.82.